The van der Waals surface area contributed by atoms with Crippen LogP contribution in [0.25, 0.3) is 11.0 Å². The highest BCUT2D eigenvalue weighted by atomic mass is 16.3. The molecule has 3 aromatic rings. The fourth-order valence-corrected chi connectivity index (χ4v) is 2.93. The van der Waals surface area contributed by atoms with Crippen molar-refractivity contribution in [3.8, 4) is 0 Å². The van der Waals surface area contributed by atoms with Crippen LogP contribution < -0.4 is 10.6 Å². The number of nitrogens with one attached hydrogen (secondary N) is 2. The summed E-state index contributed by atoms with van der Waals surface area (Å²) in [6, 6.07) is 15.6. The average molecular weight is 393 g/mol. The second-order valence-electron chi connectivity index (χ2n) is 6.85. The first-order valence-electron chi connectivity index (χ1n) is 9.25. The lowest BCUT2D eigenvalue weighted by atomic mass is 10.1. The minimum Gasteiger partial charge on any atom is -0.451 e. The summed E-state index contributed by atoms with van der Waals surface area (Å²) in [7, 11) is 1.69. The Bertz CT molecular complexity index is 1040. The van der Waals surface area contributed by atoms with Crippen LogP contribution in [0.5, 0.6) is 0 Å². The lowest BCUT2D eigenvalue weighted by molar-refractivity contribution is -0.122. The number of benzene rings is 2. The van der Waals surface area contributed by atoms with Crippen LogP contribution in [0.1, 0.15) is 24.4 Å². The quantitative estimate of drug-likeness (QED) is 0.599. The van der Waals surface area contributed by atoms with Crippen molar-refractivity contribution in [2.45, 2.75) is 19.9 Å². The van der Waals surface area contributed by atoms with Crippen molar-refractivity contribution in [3.05, 3.63) is 60.4 Å². The van der Waals surface area contributed by atoms with Gasteiger partial charge in [0.1, 0.15) is 5.58 Å². The third-order valence-corrected chi connectivity index (χ3v) is 4.65. The monoisotopic (exact) mass is 393 g/mol. The van der Waals surface area contributed by atoms with E-state index in [4.69, 9.17) is 4.42 Å². The third kappa shape index (κ3) is 4.70. The first kappa shape index (κ1) is 20.3. The first-order valence-corrected chi connectivity index (χ1v) is 9.25. The second-order valence-corrected chi connectivity index (χ2v) is 6.85. The Kier molecular flexibility index (Phi) is 6.09. The van der Waals surface area contributed by atoms with Crippen LogP contribution in [0, 0.1) is 0 Å². The van der Waals surface area contributed by atoms with Crippen LogP contribution in [0.3, 0.4) is 0 Å². The number of carbonyl (C=O) groups excluding carboxylic acids is 3. The maximum atomic E-state index is 12.8. The lowest BCUT2D eigenvalue weighted by Crippen LogP contribution is -2.43. The standard InChI is InChI=1S/C22H23N3O4/c1-14(25(3)13-19(27)23-16-9-5-4-6-10-16)22(28)24-20-17-11-7-8-12-18(17)29-21(20)15(2)26/h4-12,14H,13H2,1-3H3,(H,23,27)(H,24,28). The van der Waals surface area contributed by atoms with Crippen molar-refractivity contribution in [2.75, 3.05) is 24.2 Å². The molecule has 0 spiro atoms. The van der Waals surface area contributed by atoms with Gasteiger partial charge in [-0.15, -0.1) is 0 Å². The number of nitrogens with zero attached hydrogens (tertiary/aromatic N) is 1. The molecule has 0 aliphatic carbocycles. The minimum atomic E-state index is -0.606. The molecule has 0 saturated heterocycles. The van der Waals surface area contributed by atoms with Gasteiger partial charge in [-0.05, 0) is 38.2 Å². The second kappa shape index (κ2) is 8.70. The molecule has 1 aromatic heterocycles. The van der Waals surface area contributed by atoms with Gasteiger partial charge in [0.15, 0.2) is 11.5 Å². The largest absolute Gasteiger partial charge is 0.451 e. The molecule has 0 aliphatic rings. The van der Waals surface area contributed by atoms with Crippen LogP contribution >= 0.6 is 0 Å². The molecule has 1 unspecified atom stereocenters. The number of ketones is 1. The molecule has 3 rings (SSSR count). The van der Waals surface area contributed by atoms with Gasteiger partial charge in [-0.25, -0.2) is 0 Å². The molecule has 0 radical (unpaired) electrons. The zero-order valence-corrected chi connectivity index (χ0v) is 16.6. The smallest absolute Gasteiger partial charge is 0.241 e. The minimum absolute atomic E-state index is 0.0369. The maximum Gasteiger partial charge on any atom is 0.241 e. The van der Waals surface area contributed by atoms with Crippen LogP contribution in [-0.4, -0.2) is 42.1 Å². The van der Waals surface area contributed by atoms with E-state index in [1.54, 1.807) is 55.3 Å². The zero-order chi connectivity index (χ0) is 21.0. The normalized spacial score (nSPS) is 12.0. The highest BCUT2D eigenvalue weighted by molar-refractivity contribution is 6.11. The van der Waals surface area contributed by atoms with Gasteiger partial charge in [0, 0.05) is 18.0 Å². The van der Waals surface area contributed by atoms with E-state index in [1.807, 2.05) is 18.2 Å². The summed E-state index contributed by atoms with van der Waals surface area (Å²) < 4.78 is 5.59. The van der Waals surface area contributed by atoms with Crippen molar-refractivity contribution in [2.24, 2.45) is 0 Å². The molecule has 2 amide bonds. The number of fused-ring (bicyclic) bond motifs is 1. The van der Waals surface area contributed by atoms with Crippen molar-refractivity contribution in [1.29, 1.82) is 0 Å². The van der Waals surface area contributed by atoms with Crippen LogP contribution in [0.2, 0.25) is 0 Å². The highest BCUT2D eigenvalue weighted by Gasteiger charge is 2.24. The number of Topliss-reactive ketones (excluding diaryl/α,β-unsaturated/α-hetero) is 1. The Morgan fingerprint density at radius 1 is 1.00 bits per heavy atom. The van der Waals surface area contributed by atoms with E-state index >= 15 is 0 Å². The molecular weight excluding hydrogens is 370 g/mol. The van der Waals surface area contributed by atoms with Crippen molar-refractivity contribution in [1.82, 2.24) is 4.90 Å². The molecule has 0 fully saturated rings. The van der Waals surface area contributed by atoms with Gasteiger partial charge in [-0.1, -0.05) is 30.3 Å². The molecule has 150 valence electrons. The van der Waals surface area contributed by atoms with Gasteiger partial charge in [0.2, 0.25) is 11.8 Å². The molecule has 1 heterocycles. The SMILES string of the molecule is CC(=O)c1oc2ccccc2c1NC(=O)C(C)N(C)CC(=O)Nc1ccccc1. The van der Waals surface area contributed by atoms with Gasteiger partial charge in [-0.3, -0.25) is 19.3 Å². The number of hydrogen-bond acceptors (Lipinski definition) is 5. The number of rotatable bonds is 7. The van der Waals surface area contributed by atoms with Crippen LogP contribution in [0.15, 0.2) is 59.0 Å². The molecule has 7 heteroatoms. The van der Waals surface area contributed by atoms with E-state index in [1.165, 1.54) is 6.92 Å². The number of hydrogen-bond donors (Lipinski definition) is 2. The summed E-state index contributed by atoms with van der Waals surface area (Å²) in [5, 5.41) is 6.24. The van der Waals surface area contributed by atoms with E-state index in [9.17, 15) is 14.4 Å². The Hall–Kier alpha value is -3.45. The van der Waals surface area contributed by atoms with Crippen LogP contribution in [0.4, 0.5) is 11.4 Å². The van der Waals surface area contributed by atoms with Crippen molar-refractivity contribution in [3.63, 3.8) is 0 Å². The van der Waals surface area contributed by atoms with Crippen molar-refractivity contribution < 1.29 is 18.8 Å². The number of carbonyl (C=O) groups is 3. The van der Waals surface area contributed by atoms with E-state index in [2.05, 4.69) is 10.6 Å². The predicted molar refractivity (Wildman–Crippen MR) is 112 cm³/mol. The van der Waals surface area contributed by atoms with E-state index in [-0.39, 0.29) is 29.9 Å². The molecule has 0 saturated carbocycles. The molecule has 0 aliphatic heterocycles. The predicted octanol–water partition coefficient (Wildman–Crippen LogP) is 3.53. The maximum absolute atomic E-state index is 12.8. The molecule has 1 atom stereocenters. The Morgan fingerprint density at radius 3 is 2.34 bits per heavy atom. The summed E-state index contributed by atoms with van der Waals surface area (Å²) in [4.78, 5) is 38.6. The summed E-state index contributed by atoms with van der Waals surface area (Å²) in [6.45, 7) is 3.12. The molecular formula is C22H23N3O4. The lowest BCUT2D eigenvalue weighted by Gasteiger charge is -2.23. The van der Waals surface area contributed by atoms with Crippen molar-refractivity contribution >= 4 is 39.9 Å². The fourth-order valence-electron chi connectivity index (χ4n) is 2.93. The highest BCUT2D eigenvalue weighted by Crippen LogP contribution is 2.31. The number of amides is 2. The average Bonchev–Trinajstić information content (AvgIpc) is 3.07. The van der Waals surface area contributed by atoms with Gasteiger partial charge in [-0.2, -0.15) is 0 Å². The molecule has 29 heavy (non-hydrogen) atoms. The molecule has 2 aromatic carbocycles. The fraction of sp³-hybridized carbons (Fsp3) is 0.227. The number of likely N-dealkylation sites (N-methyl/N-ethyl adjacent to an activating group) is 1. The Labute approximate surface area is 168 Å². The first-order chi connectivity index (χ1) is 13.9. The van der Waals surface area contributed by atoms with E-state index in [0.29, 0.717) is 22.3 Å². The van der Waals surface area contributed by atoms with Gasteiger partial charge >= 0.3 is 0 Å². The number of furan rings is 1. The summed E-state index contributed by atoms with van der Waals surface area (Å²) in [6.07, 6.45) is 0. The summed E-state index contributed by atoms with van der Waals surface area (Å²) >= 11 is 0. The van der Waals surface area contributed by atoms with E-state index in [0.717, 1.165) is 0 Å². The summed E-state index contributed by atoms with van der Waals surface area (Å²) in [5.41, 5.74) is 1.57. The molecule has 7 nitrogen and oxygen atoms in total. The topological polar surface area (TPSA) is 91.7 Å². The Balaban J connectivity index is 1.69. The number of anilines is 2. The van der Waals surface area contributed by atoms with Crippen LogP contribution in [-0.2, 0) is 9.59 Å². The number of para-hydroxylation sites is 2. The van der Waals surface area contributed by atoms with Gasteiger partial charge in [0.25, 0.3) is 0 Å². The molecule has 0 bridgehead atoms. The van der Waals surface area contributed by atoms with Gasteiger partial charge < -0.3 is 15.1 Å². The summed E-state index contributed by atoms with van der Waals surface area (Å²) in [5.74, 6) is -0.735. The zero-order valence-electron chi connectivity index (χ0n) is 16.6. The van der Waals surface area contributed by atoms with E-state index < -0.39 is 6.04 Å². The molecule has 2 N–H and O–H groups in total. The Morgan fingerprint density at radius 2 is 1.66 bits per heavy atom. The van der Waals surface area contributed by atoms with Gasteiger partial charge in [0.05, 0.1) is 18.3 Å². The third-order valence-electron chi connectivity index (χ3n) is 4.65.